The van der Waals surface area contributed by atoms with Gasteiger partial charge in [0.05, 0.1) is 11.2 Å². The van der Waals surface area contributed by atoms with Crippen LogP contribution in [0.25, 0.3) is 0 Å². The number of benzene rings is 1. The lowest BCUT2D eigenvalue weighted by Crippen LogP contribution is -2.19. The fourth-order valence-corrected chi connectivity index (χ4v) is 1.35. The number of nitro benzene ring substituents is 1. The maximum Gasteiger partial charge on any atom is 0.326 e. The van der Waals surface area contributed by atoms with Gasteiger partial charge < -0.3 is 9.73 Å². The van der Waals surface area contributed by atoms with E-state index in [9.17, 15) is 14.9 Å². The number of hydrogen-bond acceptors (Lipinski definition) is 4. The fraction of sp³-hybridized carbons (Fsp3) is 0. The number of furan rings is 1. The zero-order valence-corrected chi connectivity index (χ0v) is 9.12. The fourth-order valence-electron chi connectivity index (χ4n) is 1.35. The van der Waals surface area contributed by atoms with E-state index in [4.69, 9.17) is 4.42 Å². The molecule has 0 aliphatic heterocycles. The topological polar surface area (TPSA) is 97.4 Å². The van der Waals surface area contributed by atoms with E-state index in [-0.39, 0.29) is 17.3 Å². The summed E-state index contributed by atoms with van der Waals surface area (Å²) in [5.41, 5.74) is -0.0568. The number of anilines is 2. The van der Waals surface area contributed by atoms with Crippen molar-refractivity contribution in [1.29, 1.82) is 0 Å². The quantitative estimate of drug-likeness (QED) is 0.643. The molecule has 2 N–H and O–H groups in total. The van der Waals surface area contributed by atoms with Crippen molar-refractivity contribution < 1.29 is 14.1 Å². The van der Waals surface area contributed by atoms with Gasteiger partial charge in [0.2, 0.25) is 5.88 Å². The number of amides is 2. The second-order valence-electron chi connectivity index (χ2n) is 3.33. The van der Waals surface area contributed by atoms with Crippen molar-refractivity contribution in [1.82, 2.24) is 0 Å². The van der Waals surface area contributed by atoms with Crippen molar-refractivity contribution in [3.8, 4) is 0 Å². The molecule has 1 aromatic heterocycles. The summed E-state index contributed by atoms with van der Waals surface area (Å²) >= 11 is 0. The number of urea groups is 1. The van der Waals surface area contributed by atoms with Crippen LogP contribution in [0.2, 0.25) is 0 Å². The normalized spacial score (nSPS) is 9.78. The Balaban J connectivity index is 2.09. The van der Waals surface area contributed by atoms with Gasteiger partial charge in [-0.3, -0.25) is 15.4 Å². The predicted molar refractivity (Wildman–Crippen MR) is 64.4 cm³/mol. The molecule has 1 heterocycles. The molecule has 0 fully saturated rings. The third-order valence-electron chi connectivity index (χ3n) is 2.11. The Morgan fingerprint density at radius 3 is 2.61 bits per heavy atom. The number of carbonyl (C=O) groups is 1. The third kappa shape index (κ3) is 2.64. The lowest BCUT2D eigenvalue weighted by Gasteiger charge is -2.05. The van der Waals surface area contributed by atoms with Crippen molar-refractivity contribution in [2.45, 2.75) is 0 Å². The average Bonchev–Trinajstić information content (AvgIpc) is 2.82. The number of hydrogen-bond donors (Lipinski definition) is 2. The maximum absolute atomic E-state index is 11.5. The summed E-state index contributed by atoms with van der Waals surface area (Å²) in [5, 5.41) is 15.5. The number of para-hydroxylation sites is 2. The van der Waals surface area contributed by atoms with E-state index in [0.717, 1.165) is 0 Å². The van der Waals surface area contributed by atoms with Gasteiger partial charge in [0, 0.05) is 12.1 Å². The summed E-state index contributed by atoms with van der Waals surface area (Å²) in [6.07, 6.45) is 1.40. The SMILES string of the molecule is O=C(Nc1ccco1)Nc1ccccc1[N+](=O)[O-]. The molecule has 0 aliphatic carbocycles. The minimum atomic E-state index is -0.612. The van der Waals surface area contributed by atoms with Gasteiger partial charge in [0.25, 0.3) is 5.69 Å². The molecule has 2 aromatic rings. The standard InChI is InChI=1S/C11H9N3O4/c15-11(13-10-6-3-7-18-10)12-8-4-1-2-5-9(8)14(16)17/h1-7H,(H2,12,13,15). The molecule has 0 spiro atoms. The smallest absolute Gasteiger partial charge is 0.326 e. The van der Waals surface area contributed by atoms with E-state index in [0.29, 0.717) is 0 Å². The highest BCUT2D eigenvalue weighted by molar-refractivity contribution is 6.00. The van der Waals surface area contributed by atoms with Gasteiger partial charge in [-0.1, -0.05) is 12.1 Å². The minimum absolute atomic E-state index is 0.117. The molecule has 0 bridgehead atoms. The third-order valence-corrected chi connectivity index (χ3v) is 2.11. The molecule has 0 aliphatic rings. The molecule has 1 aromatic carbocycles. The van der Waals surface area contributed by atoms with Crippen molar-refractivity contribution in [3.05, 3.63) is 52.8 Å². The van der Waals surface area contributed by atoms with Crippen LogP contribution in [0.5, 0.6) is 0 Å². The highest BCUT2D eigenvalue weighted by Crippen LogP contribution is 2.23. The molecule has 0 unspecified atom stereocenters. The van der Waals surface area contributed by atoms with E-state index < -0.39 is 11.0 Å². The molecule has 7 heteroatoms. The number of nitrogens with zero attached hydrogens (tertiary/aromatic N) is 1. The summed E-state index contributed by atoms with van der Waals surface area (Å²) in [7, 11) is 0. The first-order valence-corrected chi connectivity index (χ1v) is 5.02. The average molecular weight is 247 g/mol. The lowest BCUT2D eigenvalue weighted by atomic mass is 10.3. The molecule has 18 heavy (non-hydrogen) atoms. The molecule has 7 nitrogen and oxygen atoms in total. The first-order chi connectivity index (χ1) is 8.66. The van der Waals surface area contributed by atoms with Crippen LogP contribution in [0.15, 0.2) is 47.1 Å². The highest BCUT2D eigenvalue weighted by Gasteiger charge is 2.14. The predicted octanol–water partition coefficient (Wildman–Crippen LogP) is 2.83. The van der Waals surface area contributed by atoms with Crippen LogP contribution >= 0.6 is 0 Å². The Morgan fingerprint density at radius 1 is 1.17 bits per heavy atom. The Bertz CT molecular complexity index is 565. The van der Waals surface area contributed by atoms with Crippen LogP contribution < -0.4 is 10.6 Å². The van der Waals surface area contributed by atoms with Crippen molar-refractivity contribution in [2.24, 2.45) is 0 Å². The molecule has 2 rings (SSSR count). The molecule has 2 amide bonds. The van der Waals surface area contributed by atoms with E-state index >= 15 is 0 Å². The van der Waals surface area contributed by atoms with Gasteiger partial charge in [-0.15, -0.1) is 0 Å². The zero-order chi connectivity index (χ0) is 13.0. The second-order valence-corrected chi connectivity index (χ2v) is 3.33. The summed E-state index contributed by atoms with van der Waals surface area (Å²) in [5.74, 6) is 0.256. The van der Waals surface area contributed by atoms with Gasteiger partial charge >= 0.3 is 6.03 Å². The first kappa shape index (κ1) is 11.6. The van der Waals surface area contributed by atoms with Crippen LogP contribution in [-0.4, -0.2) is 11.0 Å². The summed E-state index contributed by atoms with van der Waals surface area (Å²) in [4.78, 5) is 21.7. The molecule has 0 saturated carbocycles. The van der Waals surface area contributed by atoms with Gasteiger partial charge in [-0.25, -0.2) is 4.79 Å². The van der Waals surface area contributed by atoms with Crippen LogP contribution in [0.1, 0.15) is 0 Å². The molecule has 0 saturated heterocycles. The van der Waals surface area contributed by atoms with E-state index in [1.807, 2.05) is 0 Å². The number of rotatable bonds is 3. The van der Waals surface area contributed by atoms with Crippen molar-refractivity contribution in [3.63, 3.8) is 0 Å². The van der Waals surface area contributed by atoms with Gasteiger partial charge in [0.15, 0.2) is 0 Å². The van der Waals surface area contributed by atoms with Gasteiger partial charge in [0.1, 0.15) is 5.69 Å². The Hall–Kier alpha value is -2.83. The van der Waals surface area contributed by atoms with Gasteiger partial charge in [-0.2, -0.15) is 0 Å². The Morgan fingerprint density at radius 2 is 1.94 bits per heavy atom. The highest BCUT2D eigenvalue weighted by atomic mass is 16.6. The van der Waals surface area contributed by atoms with Crippen molar-refractivity contribution in [2.75, 3.05) is 10.6 Å². The number of nitro groups is 1. The largest absolute Gasteiger partial charge is 0.449 e. The zero-order valence-electron chi connectivity index (χ0n) is 9.12. The van der Waals surface area contributed by atoms with Crippen LogP contribution in [-0.2, 0) is 0 Å². The molecule has 92 valence electrons. The minimum Gasteiger partial charge on any atom is -0.449 e. The Kier molecular flexibility index (Phi) is 3.24. The van der Waals surface area contributed by atoms with E-state index in [1.54, 1.807) is 18.2 Å². The van der Waals surface area contributed by atoms with Crippen LogP contribution in [0.4, 0.5) is 22.1 Å². The van der Waals surface area contributed by atoms with Crippen molar-refractivity contribution >= 4 is 23.3 Å². The summed E-state index contributed by atoms with van der Waals surface area (Å²) in [6, 6.07) is 8.42. The van der Waals surface area contributed by atoms with Gasteiger partial charge in [-0.05, 0) is 12.1 Å². The van der Waals surface area contributed by atoms with E-state index in [1.165, 1.54) is 24.5 Å². The molecule has 0 radical (unpaired) electrons. The maximum atomic E-state index is 11.5. The first-order valence-electron chi connectivity index (χ1n) is 5.02. The van der Waals surface area contributed by atoms with Crippen LogP contribution in [0, 0.1) is 10.1 Å². The monoisotopic (exact) mass is 247 g/mol. The second kappa shape index (κ2) is 5.00. The van der Waals surface area contributed by atoms with E-state index in [2.05, 4.69) is 10.6 Å². The molecular weight excluding hydrogens is 238 g/mol. The lowest BCUT2D eigenvalue weighted by molar-refractivity contribution is -0.383. The Labute approximate surface area is 102 Å². The molecule has 0 atom stereocenters. The molecular formula is C11H9N3O4. The summed E-state index contributed by atoms with van der Waals surface area (Å²) in [6.45, 7) is 0. The number of carbonyl (C=O) groups excluding carboxylic acids is 1. The summed E-state index contributed by atoms with van der Waals surface area (Å²) < 4.78 is 4.91. The van der Waals surface area contributed by atoms with Crippen LogP contribution in [0.3, 0.4) is 0 Å². The number of nitrogens with one attached hydrogen (secondary N) is 2.